The van der Waals surface area contributed by atoms with Gasteiger partial charge in [-0.3, -0.25) is 4.79 Å². The Balaban J connectivity index is 1.77. The van der Waals surface area contributed by atoms with E-state index in [1.165, 1.54) is 4.68 Å². The van der Waals surface area contributed by atoms with Gasteiger partial charge in [0.1, 0.15) is 17.5 Å². The van der Waals surface area contributed by atoms with Gasteiger partial charge in [-0.1, -0.05) is 29.3 Å². The Kier molecular flexibility index (Phi) is 5.77. The molecule has 1 heterocycles. The zero-order valence-corrected chi connectivity index (χ0v) is 15.8. The van der Waals surface area contributed by atoms with E-state index < -0.39 is 11.6 Å². The van der Waals surface area contributed by atoms with E-state index in [0.717, 1.165) is 18.2 Å². The van der Waals surface area contributed by atoms with Crippen LogP contribution in [0.2, 0.25) is 10.0 Å². The highest BCUT2D eigenvalue weighted by molar-refractivity contribution is 6.42. The normalized spacial score (nSPS) is 10.9. The zero-order chi connectivity index (χ0) is 19.6. The van der Waals surface area contributed by atoms with Crippen molar-refractivity contribution in [2.45, 2.75) is 19.9 Å². The molecule has 3 rings (SSSR count). The number of carbonyl (C=O) groups is 1. The third-order valence-electron chi connectivity index (χ3n) is 3.96. The van der Waals surface area contributed by atoms with Gasteiger partial charge in [0, 0.05) is 11.1 Å². The highest BCUT2D eigenvalue weighted by Gasteiger charge is 2.14. The Hall–Kier alpha value is -2.44. The van der Waals surface area contributed by atoms with Crippen LogP contribution >= 0.6 is 23.2 Å². The maximum absolute atomic E-state index is 13.9. The second-order valence-electron chi connectivity index (χ2n) is 6.04. The van der Waals surface area contributed by atoms with Crippen LogP contribution in [0.5, 0.6) is 0 Å². The number of carbonyl (C=O) groups excluding carboxylic acids is 1. The van der Waals surface area contributed by atoms with Gasteiger partial charge in [0.25, 0.3) is 0 Å². The molecule has 27 heavy (non-hydrogen) atoms. The molecule has 0 fully saturated rings. The SMILES string of the molecule is Cc1cnn(Cc2cc(F)ccc2F)c1NC(=O)Cc1ccc(Cl)c(Cl)c1. The van der Waals surface area contributed by atoms with Gasteiger partial charge < -0.3 is 5.32 Å². The summed E-state index contributed by atoms with van der Waals surface area (Å²) in [6.07, 6.45) is 1.63. The van der Waals surface area contributed by atoms with Crippen LogP contribution in [0.4, 0.5) is 14.6 Å². The fourth-order valence-electron chi connectivity index (χ4n) is 2.60. The highest BCUT2D eigenvalue weighted by Crippen LogP contribution is 2.23. The fraction of sp³-hybridized carbons (Fsp3) is 0.158. The monoisotopic (exact) mass is 409 g/mol. The molecular weight excluding hydrogens is 395 g/mol. The smallest absolute Gasteiger partial charge is 0.229 e. The van der Waals surface area contributed by atoms with Gasteiger partial charge in [0.05, 0.1) is 29.2 Å². The Morgan fingerprint density at radius 3 is 2.67 bits per heavy atom. The van der Waals surface area contributed by atoms with Gasteiger partial charge in [-0.2, -0.15) is 5.10 Å². The number of nitrogens with one attached hydrogen (secondary N) is 1. The topological polar surface area (TPSA) is 46.9 Å². The minimum atomic E-state index is -0.544. The molecule has 2 aromatic carbocycles. The first-order chi connectivity index (χ1) is 12.8. The molecule has 1 aromatic heterocycles. The largest absolute Gasteiger partial charge is 0.310 e. The minimum Gasteiger partial charge on any atom is -0.310 e. The lowest BCUT2D eigenvalue weighted by molar-refractivity contribution is -0.115. The molecule has 0 unspecified atom stereocenters. The number of hydrogen-bond acceptors (Lipinski definition) is 2. The van der Waals surface area contributed by atoms with Crippen LogP contribution in [-0.4, -0.2) is 15.7 Å². The summed E-state index contributed by atoms with van der Waals surface area (Å²) in [7, 11) is 0. The second-order valence-corrected chi connectivity index (χ2v) is 6.86. The van der Waals surface area contributed by atoms with Crippen molar-refractivity contribution in [1.29, 1.82) is 0 Å². The van der Waals surface area contributed by atoms with Gasteiger partial charge in [-0.05, 0) is 42.8 Å². The van der Waals surface area contributed by atoms with Gasteiger partial charge >= 0.3 is 0 Å². The van der Waals surface area contributed by atoms with Crippen molar-refractivity contribution >= 4 is 34.9 Å². The molecule has 0 spiro atoms. The number of hydrogen-bond donors (Lipinski definition) is 1. The van der Waals surface area contributed by atoms with E-state index in [-0.39, 0.29) is 24.4 Å². The Labute approximate surface area is 164 Å². The first-order valence-electron chi connectivity index (χ1n) is 8.03. The Morgan fingerprint density at radius 1 is 1.15 bits per heavy atom. The molecule has 0 atom stereocenters. The molecule has 4 nitrogen and oxygen atoms in total. The van der Waals surface area contributed by atoms with Crippen LogP contribution in [0.15, 0.2) is 42.6 Å². The summed E-state index contributed by atoms with van der Waals surface area (Å²) < 4.78 is 28.7. The molecule has 0 aliphatic rings. The number of rotatable bonds is 5. The first-order valence-corrected chi connectivity index (χ1v) is 8.79. The lowest BCUT2D eigenvalue weighted by Gasteiger charge is -2.11. The van der Waals surface area contributed by atoms with Crippen LogP contribution < -0.4 is 5.32 Å². The third-order valence-corrected chi connectivity index (χ3v) is 4.70. The summed E-state index contributed by atoms with van der Waals surface area (Å²) >= 11 is 11.8. The molecule has 0 saturated heterocycles. The maximum atomic E-state index is 13.9. The lowest BCUT2D eigenvalue weighted by Crippen LogP contribution is -2.19. The summed E-state index contributed by atoms with van der Waals surface area (Å²) in [4.78, 5) is 12.4. The molecule has 1 N–H and O–H groups in total. The van der Waals surface area contributed by atoms with E-state index in [0.29, 0.717) is 27.0 Å². The summed E-state index contributed by atoms with van der Waals surface area (Å²) in [6.45, 7) is 1.75. The number of halogens is 4. The molecule has 8 heteroatoms. The Morgan fingerprint density at radius 2 is 1.93 bits per heavy atom. The van der Waals surface area contributed by atoms with Crippen molar-refractivity contribution in [3.8, 4) is 0 Å². The van der Waals surface area contributed by atoms with E-state index in [1.54, 1.807) is 31.3 Å². The average Bonchev–Trinajstić information content (AvgIpc) is 2.94. The van der Waals surface area contributed by atoms with Crippen LogP contribution in [0.1, 0.15) is 16.7 Å². The van der Waals surface area contributed by atoms with E-state index >= 15 is 0 Å². The van der Waals surface area contributed by atoms with Crippen molar-refractivity contribution in [2.24, 2.45) is 0 Å². The summed E-state index contributed by atoms with van der Waals surface area (Å²) in [5.41, 5.74) is 1.54. The van der Waals surface area contributed by atoms with E-state index in [1.807, 2.05) is 0 Å². The van der Waals surface area contributed by atoms with Crippen molar-refractivity contribution < 1.29 is 13.6 Å². The maximum Gasteiger partial charge on any atom is 0.229 e. The summed E-state index contributed by atoms with van der Waals surface area (Å²) in [6, 6.07) is 8.16. The molecule has 140 valence electrons. The van der Waals surface area contributed by atoms with Crippen LogP contribution in [0, 0.1) is 18.6 Å². The predicted molar refractivity (Wildman–Crippen MR) is 101 cm³/mol. The highest BCUT2D eigenvalue weighted by atomic mass is 35.5. The van der Waals surface area contributed by atoms with Crippen molar-refractivity contribution in [1.82, 2.24) is 9.78 Å². The number of anilines is 1. The molecule has 0 bridgehead atoms. The van der Waals surface area contributed by atoms with Crippen LogP contribution in [0.25, 0.3) is 0 Å². The third kappa shape index (κ3) is 4.64. The molecule has 0 aliphatic carbocycles. The summed E-state index contributed by atoms with van der Waals surface area (Å²) in [5, 5.41) is 7.68. The molecule has 3 aromatic rings. The van der Waals surface area contributed by atoms with E-state index in [9.17, 15) is 13.6 Å². The molecule has 0 saturated carbocycles. The van der Waals surface area contributed by atoms with E-state index in [4.69, 9.17) is 23.2 Å². The molecule has 1 amide bonds. The van der Waals surface area contributed by atoms with Crippen LogP contribution in [-0.2, 0) is 17.8 Å². The number of nitrogens with zero attached hydrogens (tertiary/aromatic N) is 2. The second kappa shape index (κ2) is 8.06. The summed E-state index contributed by atoms with van der Waals surface area (Å²) in [5.74, 6) is -0.959. The average molecular weight is 410 g/mol. The molecule has 0 radical (unpaired) electrons. The minimum absolute atomic E-state index is 0.0141. The van der Waals surface area contributed by atoms with Gasteiger partial charge in [0.2, 0.25) is 5.91 Å². The standard InChI is InChI=1S/C19H15Cl2F2N3O/c1-11-9-24-26(10-13-8-14(22)3-5-17(13)23)19(11)25-18(27)7-12-2-4-15(20)16(21)6-12/h2-6,8-9H,7,10H2,1H3,(H,25,27). The van der Waals surface area contributed by atoms with Gasteiger partial charge in [-0.25, -0.2) is 13.5 Å². The Bertz CT molecular complexity index is 1000. The quantitative estimate of drug-likeness (QED) is 0.643. The molecule has 0 aliphatic heterocycles. The number of benzene rings is 2. The van der Waals surface area contributed by atoms with Crippen molar-refractivity contribution in [3.05, 3.63) is 81.0 Å². The van der Waals surface area contributed by atoms with Gasteiger partial charge in [0.15, 0.2) is 0 Å². The predicted octanol–water partition coefficient (Wildman–Crippen LogP) is 5.01. The van der Waals surface area contributed by atoms with E-state index in [2.05, 4.69) is 10.4 Å². The van der Waals surface area contributed by atoms with Gasteiger partial charge in [-0.15, -0.1) is 0 Å². The van der Waals surface area contributed by atoms with Crippen LogP contribution in [0.3, 0.4) is 0 Å². The number of aryl methyl sites for hydroxylation is 1. The fourth-order valence-corrected chi connectivity index (χ4v) is 2.92. The van der Waals surface area contributed by atoms with Crippen molar-refractivity contribution in [2.75, 3.05) is 5.32 Å². The van der Waals surface area contributed by atoms with Crippen molar-refractivity contribution in [3.63, 3.8) is 0 Å². The number of amides is 1. The first kappa shape index (κ1) is 19.3. The number of aromatic nitrogens is 2. The lowest BCUT2D eigenvalue weighted by atomic mass is 10.1. The zero-order valence-electron chi connectivity index (χ0n) is 14.3. The molecular formula is C19H15Cl2F2N3O.